The number of hydrogen-bond acceptors (Lipinski definition) is 4. The number of hydrogen-bond donors (Lipinski definition) is 0. The fourth-order valence-corrected chi connectivity index (χ4v) is 17.3. The molecule has 696 valence electrons. The molecular formula is C108H128Cl2F14O4. The molecule has 8 aromatic rings. The molecule has 4 aliphatic heterocycles. The molecule has 0 N–H and O–H groups in total. The molecule has 0 aromatic heterocycles. The smallest absolute Gasteiger partial charge is 0.164 e. The molecule has 0 amide bonds. The summed E-state index contributed by atoms with van der Waals surface area (Å²) in [7, 11) is 0. The predicted molar refractivity (Wildman–Crippen MR) is 491 cm³/mol. The van der Waals surface area contributed by atoms with Gasteiger partial charge in [0.15, 0.2) is 69.8 Å². The third kappa shape index (κ3) is 28.1. The van der Waals surface area contributed by atoms with E-state index in [9.17, 15) is 61.5 Å². The van der Waals surface area contributed by atoms with Crippen LogP contribution in [-0.4, -0.2) is 38.6 Å². The Morgan fingerprint density at radius 1 is 0.234 bits per heavy atom. The molecule has 12 atom stereocenters. The van der Waals surface area contributed by atoms with Gasteiger partial charge in [-0.05, 0) is 325 Å². The largest absolute Gasteiger partial charge is 0.378 e. The Bertz CT molecular complexity index is 4710. The number of benzene rings is 8. The summed E-state index contributed by atoms with van der Waals surface area (Å²) in [4.78, 5) is 0. The topological polar surface area (TPSA) is 36.9 Å². The normalized spacial score (nSPS) is 23.2. The lowest BCUT2D eigenvalue weighted by molar-refractivity contribution is -0.0145. The van der Waals surface area contributed by atoms with Gasteiger partial charge in [0.05, 0.1) is 47.7 Å². The van der Waals surface area contributed by atoms with Crippen LogP contribution in [0.4, 0.5) is 61.5 Å². The Labute approximate surface area is 760 Å². The van der Waals surface area contributed by atoms with Crippen LogP contribution in [-0.2, 0) is 18.9 Å². The fourth-order valence-electron chi connectivity index (χ4n) is 16.9. The minimum Gasteiger partial charge on any atom is -0.378 e. The van der Waals surface area contributed by atoms with Crippen LogP contribution in [0.2, 0.25) is 10.0 Å². The third-order valence-corrected chi connectivity index (χ3v) is 27.1. The second-order valence-electron chi connectivity index (χ2n) is 36.8. The van der Waals surface area contributed by atoms with Crippen molar-refractivity contribution in [2.45, 2.75) is 287 Å². The van der Waals surface area contributed by atoms with E-state index in [1.54, 1.807) is 114 Å². The zero-order chi connectivity index (χ0) is 93.7. The van der Waals surface area contributed by atoms with Gasteiger partial charge in [0.2, 0.25) is 0 Å². The van der Waals surface area contributed by atoms with Crippen LogP contribution in [0.25, 0.3) is 11.1 Å². The van der Waals surface area contributed by atoms with Crippen LogP contribution in [0.15, 0.2) is 133 Å². The van der Waals surface area contributed by atoms with E-state index in [0.29, 0.717) is 128 Å². The first-order valence-corrected chi connectivity index (χ1v) is 46.2. The maximum absolute atomic E-state index is 14.0. The van der Waals surface area contributed by atoms with Gasteiger partial charge in [-0.2, -0.15) is 0 Å². The van der Waals surface area contributed by atoms with Crippen LogP contribution in [0.1, 0.15) is 309 Å². The highest BCUT2D eigenvalue weighted by Crippen LogP contribution is 2.42. The Kier molecular flexibility index (Phi) is 39.8. The van der Waals surface area contributed by atoms with Crippen LogP contribution < -0.4 is 0 Å². The lowest BCUT2D eigenvalue weighted by atomic mass is 9.84. The quantitative estimate of drug-likeness (QED) is 0.112. The number of rotatable bonds is 8. The summed E-state index contributed by atoms with van der Waals surface area (Å²) in [5, 5.41) is 0.522. The zero-order valence-electron chi connectivity index (χ0n) is 77.1. The Balaban J connectivity index is 0.000000165. The summed E-state index contributed by atoms with van der Waals surface area (Å²) in [6, 6.07) is 27.4. The lowest BCUT2D eigenvalue weighted by Crippen LogP contribution is -2.23. The Hall–Kier alpha value is -7.84. The van der Waals surface area contributed by atoms with Crippen molar-refractivity contribution < 1.29 is 80.4 Å². The van der Waals surface area contributed by atoms with E-state index in [1.807, 2.05) is 52.0 Å². The molecule has 0 bridgehead atoms. The number of allylic oxidation sites excluding steroid dienone is 8. The minimum atomic E-state index is -0.750. The molecule has 4 saturated heterocycles. The standard InChI is InChI=1S/2C14H16ClF.2C14H16F2.4C13H16F2O/c4*1-9-3-6-11(7-4-9)12-8-5-10(2)13(15)14(12)16;2*1-8-3-6-11(13(15)12(8)14)10-5-4-9(2)16-7-10;2*1-8-3-6-11(16-7-8)10-5-4-9(2)12(14)13(10)15/h2*5-6,8-9H,3-4,7H2,1-2H3;2*3,5,8,11H,4,6-7H2,1-2H3;2*3,6,9-10H,4-5,7H2,1-2H3;2*4-5,8,11H,3,6-7H2,1-2H3. The van der Waals surface area contributed by atoms with E-state index < -0.39 is 69.8 Å². The van der Waals surface area contributed by atoms with E-state index in [1.165, 1.54) is 11.1 Å². The van der Waals surface area contributed by atoms with Gasteiger partial charge >= 0.3 is 0 Å². The first-order valence-electron chi connectivity index (χ1n) is 45.5. The van der Waals surface area contributed by atoms with E-state index in [-0.39, 0.29) is 69.8 Å². The molecule has 0 radical (unpaired) electrons. The molecule has 0 spiro atoms. The third-order valence-electron chi connectivity index (χ3n) is 26.2. The first-order chi connectivity index (χ1) is 60.7. The van der Waals surface area contributed by atoms with Crippen molar-refractivity contribution in [3.63, 3.8) is 0 Å². The van der Waals surface area contributed by atoms with Gasteiger partial charge in [0.25, 0.3) is 0 Å². The Morgan fingerprint density at radius 2 is 0.516 bits per heavy atom. The van der Waals surface area contributed by atoms with E-state index in [4.69, 9.17) is 42.1 Å². The van der Waals surface area contributed by atoms with Crippen LogP contribution in [0.5, 0.6) is 0 Å². The Morgan fingerprint density at radius 3 is 0.766 bits per heavy atom. The number of halogens is 16. The summed E-state index contributed by atoms with van der Waals surface area (Å²) in [5.41, 5.74) is 12.7. The van der Waals surface area contributed by atoms with Crippen molar-refractivity contribution in [1.82, 2.24) is 0 Å². The second-order valence-corrected chi connectivity index (χ2v) is 37.6. The fraction of sp³-hybridized carbons (Fsp3) is 0.481. The first kappa shape index (κ1) is 104. The molecule has 128 heavy (non-hydrogen) atoms. The highest BCUT2D eigenvalue weighted by atomic mass is 35.5. The van der Waals surface area contributed by atoms with Gasteiger partial charge in [0.1, 0.15) is 11.6 Å². The molecule has 4 aliphatic carbocycles. The molecule has 4 nitrogen and oxygen atoms in total. The lowest BCUT2D eigenvalue weighted by Gasteiger charge is -2.27. The number of ether oxygens (including phenoxy) is 4. The highest BCUT2D eigenvalue weighted by Gasteiger charge is 2.31. The molecule has 4 heterocycles. The summed E-state index contributed by atoms with van der Waals surface area (Å²) in [5.74, 6) is -6.37. The molecule has 8 aliphatic rings. The van der Waals surface area contributed by atoms with E-state index in [2.05, 4.69) is 65.8 Å². The molecule has 8 aromatic carbocycles. The van der Waals surface area contributed by atoms with Gasteiger partial charge < -0.3 is 18.9 Å². The average Bonchev–Trinajstić information content (AvgIpc) is 0.859. The van der Waals surface area contributed by atoms with Gasteiger partial charge in [-0.3, -0.25) is 0 Å². The van der Waals surface area contributed by atoms with Gasteiger partial charge in [-0.25, -0.2) is 61.5 Å². The summed E-state index contributed by atoms with van der Waals surface area (Å²) >= 11 is 11.9. The van der Waals surface area contributed by atoms with Crippen molar-refractivity contribution in [2.75, 3.05) is 26.4 Å². The van der Waals surface area contributed by atoms with Gasteiger partial charge in [-0.1, -0.05) is 183 Å². The summed E-state index contributed by atoms with van der Waals surface area (Å²) in [6.07, 6.45) is 27.2. The van der Waals surface area contributed by atoms with Crippen LogP contribution in [0, 0.1) is 161 Å². The van der Waals surface area contributed by atoms with Crippen LogP contribution in [0.3, 0.4) is 0 Å². The van der Waals surface area contributed by atoms with Gasteiger partial charge in [-0.15, -0.1) is 0 Å². The van der Waals surface area contributed by atoms with E-state index in [0.717, 1.165) is 151 Å². The maximum Gasteiger partial charge on any atom is 0.164 e. The average molecular weight is 1830 g/mol. The minimum absolute atomic E-state index is 0.00806. The van der Waals surface area contributed by atoms with Crippen LogP contribution >= 0.6 is 23.2 Å². The predicted octanol–water partition coefficient (Wildman–Crippen LogP) is 33.6. The van der Waals surface area contributed by atoms with Crippen molar-refractivity contribution in [1.29, 1.82) is 0 Å². The second kappa shape index (κ2) is 49.1. The van der Waals surface area contributed by atoms with E-state index >= 15 is 0 Å². The van der Waals surface area contributed by atoms with Crippen molar-refractivity contribution in [2.24, 2.45) is 23.7 Å². The van der Waals surface area contributed by atoms with Crippen molar-refractivity contribution in [3.8, 4) is 0 Å². The molecule has 0 saturated carbocycles. The monoisotopic (exact) mass is 1820 g/mol. The SMILES string of the molecule is CC1=CCC(c2ccc(C)c(F)c2F)CC1.CC1=CCC(c2ccc(C)c(F)c2F)CC1.Cc1ccc(C2=CCC(C)CC2)c(F)c1Cl.Cc1ccc(C2=CCC(C)CC2)c(F)c1Cl.Cc1ccc(C2CCC(C)CO2)c(F)c1F.Cc1ccc(C2CCC(C)CO2)c(F)c1F.Cc1ccc(C2CCC(C)OC2)c(F)c1F.Cc1ccc(C2CCC(C)OC2)c(F)c1F. The van der Waals surface area contributed by atoms with Gasteiger partial charge in [0, 0.05) is 47.3 Å². The highest BCUT2D eigenvalue weighted by molar-refractivity contribution is 6.32. The molecule has 20 heteroatoms. The van der Waals surface area contributed by atoms with Crippen molar-refractivity contribution >= 4 is 34.3 Å². The molecule has 16 rings (SSSR count). The summed E-state index contributed by atoms with van der Waals surface area (Å²) in [6.45, 7) is 32.2. The maximum atomic E-state index is 14.0. The summed E-state index contributed by atoms with van der Waals surface area (Å²) < 4.78 is 213. The number of aryl methyl sites for hydroxylation is 8. The molecule has 4 fully saturated rings. The van der Waals surface area contributed by atoms with Crippen molar-refractivity contribution in [3.05, 3.63) is 313 Å². The molecule has 12 unspecified atom stereocenters. The molecular weight excluding hydrogens is 1700 g/mol. The zero-order valence-corrected chi connectivity index (χ0v) is 78.6.